The molecule has 6 nitrogen and oxygen atoms in total. The third kappa shape index (κ3) is 3.48. The molecule has 0 fully saturated rings. The Labute approximate surface area is 154 Å². The zero-order valence-corrected chi connectivity index (χ0v) is 14.6. The van der Waals surface area contributed by atoms with Gasteiger partial charge < -0.3 is 19.2 Å². The number of fused-ring (bicyclic) bond motifs is 1. The number of hydrogen-bond donors (Lipinski definition) is 1. The van der Waals surface area contributed by atoms with Crippen molar-refractivity contribution in [1.82, 2.24) is 10.3 Å². The normalized spacial score (nSPS) is 12.2. The Morgan fingerprint density at radius 2 is 2.00 bits per heavy atom. The number of oxazole rings is 1. The third-order valence-electron chi connectivity index (χ3n) is 4.28. The summed E-state index contributed by atoms with van der Waals surface area (Å²) in [6, 6.07) is 11.4. The van der Waals surface area contributed by atoms with E-state index in [4.69, 9.17) is 13.9 Å². The van der Waals surface area contributed by atoms with E-state index in [-0.39, 0.29) is 24.4 Å². The zero-order valence-electron chi connectivity index (χ0n) is 14.6. The van der Waals surface area contributed by atoms with Crippen molar-refractivity contribution in [3.8, 4) is 23.0 Å². The van der Waals surface area contributed by atoms with E-state index in [0.29, 0.717) is 47.0 Å². The molecular weight excluding hydrogens is 351 g/mol. The Morgan fingerprint density at radius 3 is 2.85 bits per heavy atom. The van der Waals surface area contributed by atoms with Crippen molar-refractivity contribution < 1.29 is 23.1 Å². The van der Waals surface area contributed by atoms with Gasteiger partial charge in [0, 0.05) is 18.5 Å². The largest absolute Gasteiger partial charge is 0.454 e. The molecule has 1 aliphatic heterocycles. The van der Waals surface area contributed by atoms with Crippen molar-refractivity contribution >= 4 is 5.91 Å². The monoisotopic (exact) mass is 368 g/mol. The minimum Gasteiger partial charge on any atom is -0.454 e. The van der Waals surface area contributed by atoms with Gasteiger partial charge in [0.1, 0.15) is 11.6 Å². The molecule has 0 aliphatic carbocycles. The number of nitrogens with zero attached hydrogens (tertiary/aromatic N) is 1. The second kappa shape index (κ2) is 7.11. The highest BCUT2D eigenvalue weighted by Gasteiger charge is 2.17. The minimum atomic E-state index is -0.388. The summed E-state index contributed by atoms with van der Waals surface area (Å²) < 4.78 is 30.0. The van der Waals surface area contributed by atoms with Crippen LogP contribution in [0.2, 0.25) is 0 Å². The molecule has 1 amide bonds. The van der Waals surface area contributed by atoms with Crippen LogP contribution in [0.1, 0.15) is 21.8 Å². The average Bonchev–Trinajstić information content (AvgIpc) is 3.28. The lowest BCUT2D eigenvalue weighted by atomic mass is 10.2. The van der Waals surface area contributed by atoms with Crippen LogP contribution in [-0.2, 0) is 6.42 Å². The van der Waals surface area contributed by atoms with E-state index in [0.717, 1.165) is 0 Å². The van der Waals surface area contributed by atoms with Crippen molar-refractivity contribution in [2.45, 2.75) is 13.3 Å². The highest BCUT2D eigenvalue weighted by molar-refractivity contribution is 5.94. The molecule has 27 heavy (non-hydrogen) atoms. The van der Waals surface area contributed by atoms with Crippen LogP contribution < -0.4 is 14.8 Å². The lowest BCUT2D eigenvalue weighted by molar-refractivity contribution is 0.0953. The molecule has 0 unspecified atom stereocenters. The lowest BCUT2D eigenvalue weighted by Gasteiger charge is -2.05. The van der Waals surface area contributed by atoms with Gasteiger partial charge in [0.2, 0.25) is 12.7 Å². The molecule has 2 heterocycles. The fourth-order valence-electron chi connectivity index (χ4n) is 2.84. The van der Waals surface area contributed by atoms with Gasteiger partial charge in [0.05, 0.1) is 11.3 Å². The molecule has 1 N–H and O–H groups in total. The van der Waals surface area contributed by atoms with Crippen LogP contribution in [0.5, 0.6) is 11.5 Å². The topological polar surface area (TPSA) is 73.6 Å². The van der Waals surface area contributed by atoms with Crippen LogP contribution in [0.3, 0.4) is 0 Å². The molecule has 1 aromatic heterocycles. The van der Waals surface area contributed by atoms with Crippen molar-refractivity contribution in [1.29, 1.82) is 0 Å². The van der Waals surface area contributed by atoms with E-state index in [1.807, 2.05) is 0 Å². The van der Waals surface area contributed by atoms with E-state index in [9.17, 15) is 9.18 Å². The number of aromatic nitrogens is 1. The predicted molar refractivity (Wildman–Crippen MR) is 95.2 cm³/mol. The second-order valence-corrected chi connectivity index (χ2v) is 6.08. The Hall–Kier alpha value is -3.35. The van der Waals surface area contributed by atoms with Gasteiger partial charge in [-0.3, -0.25) is 4.79 Å². The third-order valence-corrected chi connectivity index (χ3v) is 4.28. The van der Waals surface area contributed by atoms with E-state index >= 15 is 0 Å². The zero-order chi connectivity index (χ0) is 18.8. The number of carbonyl (C=O) groups is 1. The average molecular weight is 368 g/mol. The summed E-state index contributed by atoms with van der Waals surface area (Å²) in [4.78, 5) is 16.7. The first-order valence-electron chi connectivity index (χ1n) is 8.51. The van der Waals surface area contributed by atoms with Crippen LogP contribution in [0.4, 0.5) is 4.39 Å². The second-order valence-electron chi connectivity index (χ2n) is 6.08. The summed E-state index contributed by atoms with van der Waals surface area (Å²) >= 11 is 0. The standard InChI is InChI=1S/C20H17FN2O4/c1-12-16(23-20(27-12)14-4-2-3-5-15(14)21)8-9-22-19(24)13-6-7-17-18(10-13)26-11-25-17/h2-7,10H,8-9,11H2,1H3,(H,22,24). The first-order chi connectivity index (χ1) is 13.1. The number of hydrogen-bond acceptors (Lipinski definition) is 5. The fourth-order valence-corrected chi connectivity index (χ4v) is 2.84. The summed E-state index contributed by atoms with van der Waals surface area (Å²) in [5.74, 6) is 1.42. The van der Waals surface area contributed by atoms with Crippen LogP contribution in [0.25, 0.3) is 11.5 Å². The maximum absolute atomic E-state index is 13.9. The molecule has 138 valence electrons. The quantitative estimate of drug-likeness (QED) is 0.746. The summed E-state index contributed by atoms with van der Waals surface area (Å²) in [7, 11) is 0. The molecule has 7 heteroatoms. The lowest BCUT2D eigenvalue weighted by Crippen LogP contribution is -2.25. The Bertz CT molecular complexity index is 999. The number of ether oxygens (including phenoxy) is 2. The Balaban J connectivity index is 1.39. The molecule has 0 radical (unpaired) electrons. The van der Waals surface area contributed by atoms with Gasteiger partial charge in [-0.1, -0.05) is 12.1 Å². The summed E-state index contributed by atoms with van der Waals surface area (Å²) in [5, 5.41) is 2.84. The van der Waals surface area contributed by atoms with Gasteiger partial charge in [0.25, 0.3) is 5.91 Å². The number of carbonyl (C=O) groups excluding carboxylic acids is 1. The first-order valence-corrected chi connectivity index (χ1v) is 8.51. The summed E-state index contributed by atoms with van der Waals surface area (Å²) in [6.07, 6.45) is 0.472. The molecule has 3 aromatic rings. The van der Waals surface area contributed by atoms with E-state index in [1.165, 1.54) is 6.07 Å². The minimum absolute atomic E-state index is 0.163. The fraction of sp³-hybridized carbons (Fsp3) is 0.200. The highest BCUT2D eigenvalue weighted by atomic mass is 19.1. The van der Waals surface area contributed by atoms with Gasteiger partial charge in [-0.15, -0.1) is 0 Å². The maximum Gasteiger partial charge on any atom is 0.251 e. The number of halogens is 1. The van der Waals surface area contributed by atoms with E-state index < -0.39 is 0 Å². The molecular formula is C20H17FN2O4. The van der Waals surface area contributed by atoms with Crippen LogP contribution in [0, 0.1) is 12.7 Å². The number of aryl methyl sites for hydroxylation is 1. The van der Waals surface area contributed by atoms with Crippen molar-refractivity contribution in [2.24, 2.45) is 0 Å². The number of benzene rings is 2. The first kappa shape index (κ1) is 17.1. The van der Waals surface area contributed by atoms with Gasteiger partial charge in [-0.2, -0.15) is 0 Å². The Morgan fingerprint density at radius 1 is 1.19 bits per heavy atom. The van der Waals surface area contributed by atoms with Gasteiger partial charge >= 0.3 is 0 Å². The number of nitrogens with one attached hydrogen (secondary N) is 1. The molecule has 2 aromatic carbocycles. The molecule has 0 atom stereocenters. The SMILES string of the molecule is Cc1oc(-c2ccccc2F)nc1CCNC(=O)c1ccc2c(c1)OCO2. The van der Waals surface area contributed by atoms with E-state index in [2.05, 4.69) is 10.3 Å². The molecule has 0 bridgehead atoms. The molecule has 1 aliphatic rings. The van der Waals surface area contributed by atoms with Crippen molar-refractivity contribution in [3.05, 3.63) is 65.3 Å². The van der Waals surface area contributed by atoms with Crippen LogP contribution in [-0.4, -0.2) is 24.2 Å². The van der Waals surface area contributed by atoms with Crippen LogP contribution >= 0.6 is 0 Å². The summed E-state index contributed by atoms with van der Waals surface area (Å²) in [5.41, 5.74) is 1.48. The van der Waals surface area contributed by atoms with Gasteiger partial charge in [-0.05, 0) is 37.3 Å². The summed E-state index contributed by atoms with van der Waals surface area (Å²) in [6.45, 7) is 2.31. The Kier molecular flexibility index (Phi) is 4.50. The van der Waals surface area contributed by atoms with Gasteiger partial charge in [-0.25, -0.2) is 9.37 Å². The van der Waals surface area contributed by atoms with Crippen molar-refractivity contribution in [2.75, 3.05) is 13.3 Å². The molecule has 0 saturated heterocycles. The molecule has 0 spiro atoms. The maximum atomic E-state index is 13.9. The van der Waals surface area contributed by atoms with Crippen LogP contribution in [0.15, 0.2) is 46.9 Å². The van der Waals surface area contributed by atoms with Crippen molar-refractivity contribution in [3.63, 3.8) is 0 Å². The van der Waals surface area contributed by atoms with E-state index in [1.54, 1.807) is 43.3 Å². The highest BCUT2D eigenvalue weighted by Crippen LogP contribution is 2.32. The number of rotatable bonds is 5. The molecule has 4 rings (SSSR count). The molecule has 0 saturated carbocycles. The smallest absolute Gasteiger partial charge is 0.251 e. The van der Waals surface area contributed by atoms with Gasteiger partial charge in [0.15, 0.2) is 11.5 Å². The predicted octanol–water partition coefficient (Wildman–Crippen LogP) is 3.49. The number of amides is 1.